The van der Waals surface area contributed by atoms with Crippen LogP contribution >= 0.6 is 0 Å². The van der Waals surface area contributed by atoms with Crippen LogP contribution in [0.1, 0.15) is 31.7 Å². The van der Waals surface area contributed by atoms with Gasteiger partial charge in [0.15, 0.2) is 0 Å². The molecule has 0 heterocycles. The highest BCUT2D eigenvalue weighted by atomic mass is 16.3. The molecule has 88 valence electrons. The number of phenols is 1. The third-order valence-corrected chi connectivity index (χ3v) is 3.42. The van der Waals surface area contributed by atoms with Gasteiger partial charge in [-0.15, -0.1) is 0 Å². The van der Waals surface area contributed by atoms with Gasteiger partial charge in [-0.1, -0.05) is 25.1 Å². The van der Waals surface area contributed by atoms with Gasteiger partial charge in [-0.2, -0.15) is 0 Å². The van der Waals surface area contributed by atoms with Crippen LogP contribution in [0.25, 0.3) is 0 Å². The molecule has 0 radical (unpaired) electrons. The molecule has 1 aromatic rings. The van der Waals surface area contributed by atoms with Crippen LogP contribution in [-0.2, 0) is 6.42 Å². The van der Waals surface area contributed by atoms with E-state index in [2.05, 4.69) is 12.2 Å². The molecule has 1 saturated carbocycles. The highest BCUT2D eigenvalue weighted by Gasteiger charge is 2.29. The summed E-state index contributed by atoms with van der Waals surface area (Å²) in [5, 5.41) is 13.2. The molecular weight excluding hydrogens is 198 g/mol. The first-order chi connectivity index (χ1) is 7.81. The lowest BCUT2D eigenvalue weighted by Crippen LogP contribution is -2.32. The lowest BCUT2D eigenvalue weighted by atomic mass is 10.1. The van der Waals surface area contributed by atoms with E-state index in [1.807, 2.05) is 18.2 Å². The summed E-state index contributed by atoms with van der Waals surface area (Å²) in [7, 11) is 0. The van der Waals surface area contributed by atoms with Crippen molar-refractivity contribution in [3.8, 4) is 5.75 Å². The van der Waals surface area contributed by atoms with E-state index in [-0.39, 0.29) is 0 Å². The molecule has 1 aliphatic carbocycles. The first-order valence-corrected chi connectivity index (χ1v) is 6.31. The van der Waals surface area contributed by atoms with E-state index in [1.54, 1.807) is 6.07 Å². The van der Waals surface area contributed by atoms with Crippen molar-refractivity contribution in [2.24, 2.45) is 5.92 Å². The summed E-state index contributed by atoms with van der Waals surface area (Å²) in [6.07, 6.45) is 4.91. The molecule has 1 unspecified atom stereocenters. The van der Waals surface area contributed by atoms with Crippen LogP contribution in [0.4, 0.5) is 0 Å². The SMILES string of the molecule is CCC(NCCc1ccccc1O)C1CC1. The Morgan fingerprint density at radius 3 is 2.75 bits per heavy atom. The second-order valence-corrected chi connectivity index (χ2v) is 4.69. The maximum atomic E-state index is 9.63. The Kier molecular flexibility index (Phi) is 3.83. The highest BCUT2D eigenvalue weighted by molar-refractivity contribution is 5.31. The molecular formula is C14H21NO. The summed E-state index contributed by atoms with van der Waals surface area (Å²) in [6, 6.07) is 8.28. The zero-order chi connectivity index (χ0) is 11.4. The van der Waals surface area contributed by atoms with Gasteiger partial charge in [0.1, 0.15) is 5.75 Å². The van der Waals surface area contributed by atoms with E-state index in [0.717, 1.165) is 24.4 Å². The summed E-state index contributed by atoms with van der Waals surface area (Å²) in [5.41, 5.74) is 1.04. The molecule has 16 heavy (non-hydrogen) atoms. The molecule has 1 aromatic carbocycles. The van der Waals surface area contributed by atoms with Crippen molar-refractivity contribution in [3.63, 3.8) is 0 Å². The topological polar surface area (TPSA) is 32.3 Å². The average Bonchev–Trinajstić information content (AvgIpc) is 3.11. The maximum Gasteiger partial charge on any atom is 0.118 e. The highest BCUT2D eigenvalue weighted by Crippen LogP contribution is 2.33. The minimum atomic E-state index is 0.420. The van der Waals surface area contributed by atoms with Crippen LogP contribution in [0.3, 0.4) is 0 Å². The summed E-state index contributed by atoms with van der Waals surface area (Å²) in [4.78, 5) is 0. The van der Waals surface area contributed by atoms with Gasteiger partial charge >= 0.3 is 0 Å². The van der Waals surface area contributed by atoms with E-state index < -0.39 is 0 Å². The van der Waals surface area contributed by atoms with Gasteiger partial charge in [-0.3, -0.25) is 0 Å². The fourth-order valence-corrected chi connectivity index (χ4v) is 2.26. The van der Waals surface area contributed by atoms with Gasteiger partial charge in [-0.05, 0) is 49.8 Å². The standard InChI is InChI=1S/C14H21NO/c1-2-13(11-7-8-11)15-10-9-12-5-3-4-6-14(12)16/h3-6,11,13,15-16H,2,7-10H2,1H3. The fourth-order valence-electron chi connectivity index (χ4n) is 2.26. The number of aromatic hydroxyl groups is 1. The molecule has 1 atom stereocenters. The van der Waals surface area contributed by atoms with E-state index in [9.17, 15) is 5.11 Å². The molecule has 2 rings (SSSR count). The molecule has 1 fully saturated rings. The normalized spacial score (nSPS) is 17.3. The molecule has 2 heteroatoms. The number of hydrogen-bond acceptors (Lipinski definition) is 2. The number of rotatable bonds is 6. The van der Waals surface area contributed by atoms with Gasteiger partial charge in [0.05, 0.1) is 0 Å². The van der Waals surface area contributed by atoms with Gasteiger partial charge in [0, 0.05) is 6.04 Å². The van der Waals surface area contributed by atoms with Crippen molar-refractivity contribution in [1.29, 1.82) is 0 Å². The Bertz CT molecular complexity index is 333. The van der Waals surface area contributed by atoms with E-state index in [1.165, 1.54) is 19.3 Å². The Balaban J connectivity index is 1.77. The van der Waals surface area contributed by atoms with Crippen LogP contribution in [0.15, 0.2) is 24.3 Å². The van der Waals surface area contributed by atoms with Crippen LogP contribution in [0.2, 0.25) is 0 Å². The third-order valence-electron chi connectivity index (χ3n) is 3.42. The summed E-state index contributed by atoms with van der Waals surface area (Å²) < 4.78 is 0. The number of phenolic OH excluding ortho intramolecular Hbond substituents is 1. The van der Waals surface area contributed by atoms with Gasteiger partial charge in [-0.25, -0.2) is 0 Å². The minimum Gasteiger partial charge on any atom is -0.508 e. The second-order valence-electron chi connectivity index (χ2n) is 4.69. The molecule has 0 bridgehead atoms. The Morgan fingerprint density at radius 1 is 1.38 bits per heavy atom. The quantitative estimate of drug-likeness (QED) is 0.771. The maximum absolute atomic E-state index is 9.63. The number of hydrogen-bond donors (Lipinski definition) is 2. The Labute approximate surface area is 97.7 Å². The van der Waals surface area contributed by atoms with E-state index >= 15 is 0 Å². The van der Waals surface area contributed by atoms with E-state index in [4.69, 9.17) is 0 Å². The molecule has 0 spiro atoms. The zero-order valence-electron chi connectivity index (χ0n) is 9.95. The Morgan fingerprint density at radius 2 is 2.12 bits per heavy atom. The molecule has 0 aliphatic heterocycles. The van der Waals surface area contributed by atoms with Gasteiger partial charge in [0.2, 0.25) is 0 Å². The fraction of sp³-hybridized carbons (Fsp3) is 0.571. The lowest BCUT2D eigenvalue weighted by molar-refractivity contribution is 0.443. The van der Waals surface area contributed by atoms with Gasteiger partial charge in [0.25, 0.3) is 0 Å². The smallest absolute Gasteiger partial charge is 0.118 e. The Hall–Kier alpha value is -1.02. The van der Waals surface area contributed by atoms with Crippen molar-refractivity contribution >= 4 is 0 Å². The summed E-state index contributed by atoms with van der Waals surface area (Å²) in [5.74, 6) is 1.33. The third kappa shape index (κ3) is 2.99. The van der Waals surface area contributed by atoms with Crippen molar-refractivity contribution in [2.45, 2.75) is 38.6 Å². The van der Waals surface area contributed by atoms with Crippen molar-refractivity contribution in [2.75, 3.05) is 6.54 Å². The molecule has 0 saturated heterocycles. The lowest BCUT2D eigenvalue weighted by Gasteiger charge is -2.16. The van der Waals surface area contributed by atoms with Crippen molar-refractivity contribution < 1.29 is 5.11 Å². The molecule has 1 aliphatic rings. The van der Waals surface area contributed by atoms with Crippen LogP contribution in [0.5, 0.6) is 5.75 Å². The monoisotopic (exact) mass is 219 g/mol. The summed E-state index contributed by atoms with van der Waals surface area (Å²) in [6.45, 7) is 3.21. The summed E-state index contributed by atoms with van der Waals surface area (Å²) >= 11 is 0. The van der Waals surface area contributed by atoms with Crippen molar-refractivity contribution in [1.82, 2.24) is 5.32 Å². The molecule has 0 aromatic heterocycles. The number of benzene rings is 1. The van der Waals surface area contributed by atoms with Crippen LogP contribution in [0, 0.1) is 5.92 Å². The largest absolute Gasteiger partial charge is 0.508 e. The second kappa shape index (κ2) is 5.35. The predicted molar refractivity (Wildman–Crippen MR) is 66.6 cm³/mol. The minimum absolute atomic E-state index is 0.420. The first-order valence-electron chi connectivity index (χ1n) is 6.31. The van der Waals surface area contributed by atoms with Gasteiger partial charge < -0.3 is 10.4 Å². The average molecular weight is 219 g/mol. The van der Waals surface area contributed by atoms with Crippen molar-refractivity contribution in [3.05, 3.63) is 29.8 Å². The predicted octanol–water partition coefficient (Wildman–Crippen LogP) is 2.71. The number of para-hydroxylation sites is 1. The molecule has 0 amide bonds. The van der Waals surface area contributed by atoms with Crippen LogP contribution < -0.4 is 5.32 Å². The van der Waals surface area contributed by atoms with E-state index in [0.29, 0.717) is 11.8 Å². The zero-order valence-corrected chi connectivity index (χ0v) is 9.95. The molecule has 2 nitrogen and oxygen atoms in total. The first kappa shape index (κ1) is 11.5. The molecule has 2 N–H and O–H groups in total. The van der Waals surface area contributed by atoms with Crippen LogP contribution in [-0.4, -0.2) is 17.7 Å². The number of nitrogens with one attached hydrogen (secondary N) is 1.